The van der Waals surface area contributed by atoms with E-state index in [-0.39, 0.29) is 5.82 Å². The summed E-state index contributed by atoms with van der Waals surface area (Å²) in [6.07, 6.45) is 0. The molecule has 0 saturated carbocycles. The summed E-state index contributed by atoms with van der Waals surface area (Å²) in [6.45, 7) is 1.93. The lowest BCUT2D eigenvalue weighted by molar-refractivity contribution is 0.101. The molecule has 0 atom stereocenters. The molecule has 0 aliphatic heterocycles. The number of nitrogens with one attached hydrogen (secondary N) is 1. The first-order valence-electron chi connectivity index (χ1n) is 11.1. The standard InChI is InChI=1S/C28H20BrClN4O2/c1-18-7-14-22(17-25(18)30)34-27(19-8-10-20(29)11-9-19)32-26(33-34)28(35)31-21-12-15-24(16-13-21)36-23-5-3-2-4-6-23/h2-17H,1H3,(H,31,35). The molecule has 0 aliphatic rings. The number of anilines is 1. The summed E-state index contributed by atoms with van der Waals surface area (Å²) >= 11 is 9.82. The van der Waals surface area contributed by atoms with Crippen LogP contribution in [0.1, 0.15) is 16.2 Å². The molecule has 1 aromatic heterocycles. The van der Waals surface area contributed by atoms with Crippen LogP contribution in [0, 0.1) is 6.92 Å². The van der Waals surface area contributed by atoms with Gasteiger partial charge in [0.15, 0.2) is 5.82 Å². The largest absolute Gasteiger partial charge is 0.457 e. The van der Waals surface area contributed by atoms with Gasteiger partial charge in [0.2, 0.25) is 5.82 Å². The average molecular weight is 560 g/mol. The normalized spacial score (nSPS) is 10.8. The van der Waals surface area contributed by atoms with Crippen molar-refractivity contribution in [1.82, 2.24) is 14.8 Å². The molecule has 178 valence electrons. The SMILES string of the molecule is Cc1ccc(-n2nc(C(=O)Nc3ccc(Oc4ccccc4)cc3)nc2-c2ccc(Br)cc2)cc1Cl. The lowest BCUT2D eigenvalue weighted by Crippen LogP contribution is -2.14. The summed E-state index contributed by atoms with van der Waals surface area (Å²) in [5.41, 5.74) is 3.06. The van der Waals surface area contributed by atoms with Gasteiger partial charge in [0.05, 0.1) is 5.69 Å². The first-order chi connectivity index (χ1) is 17.5. The monoisotopic (exact) mass is 558 g/mol. The van der Waals surface area contributed by atoms with E-state index >= 15 is 0 Å². The number of hydrogen-bond donors (Lipinski definition) is 1. The van der Waals surface area contributed by atoms with Crippen LogP contribution in [0.3, 0.4) is 0 Å². The van der Waals surface area contributed by atoms with Crippen molar-refractivity contribution >= 4 is 39.1 Å². The summed E-state index contributed by atoms with van der Waals surface area (Å²) < 4.78 is 8.38. The molecular formula is C28H20BrClN4O2. The lowest BCUT2D eigenvalue weighted by atomic mass is 10.2. The maximum atomic E-state index is 13.1. The van der Waals surface area contributed by atoms with Gasteiger partial charge in [-0.3, -0.25) is 4.79 Å². The van der Waals surface area contributed by atoms with Gasteiger partial charge in [0.1, 0.15) is 11.5 Å². The molecule has 1 N–H and O–H groups in total. The van der Waals surface area contributed by atoms with Crippen LogP contribution in [0.15, 0.2) is 102 Å². The first kappa shape index (κ1) is 23.8. The molecule has 1 amide bonds. The number of carbonyl (C=O) groups is 1. The van der Waals surface area contributed by atoms with Gasteiger partial charge < -0.3 is 10.1 Å². The minimum absolute atomic E-state index is 0.0363. The number of nitrogens with zero attached hydrogens (tertiary/aromatic N) is 3. The molecule has 0 aliphatic carbocycles. The third kappa shape index (κ3) is 5.32. The van der Waals surface area contributed by atoms with E-state index in [1.807, 2.05) is 73.7 Å². The molecule has 6 nitrogen and oxygen atoms in total. The van der Waals surface area contributed by atoms with Gasteiger partial charge in [-0.1, -0.05) is 63.9 Å². The van der Waals surface area contributed by atoms with Crippen molar-refractivity contribution in [3.05, 3.63) is 118 Å². The Labute approximate surface area is 221 Å². The lowest BCUT2D eigenvalue weighted by Gasteiger charge is -2.08. The van der Waals surface area contributed by atoms with E-state index in [4.69, 9.17) is 16.3 Å². The molecule has 8 heteroatoms. The molecule has 4 aromatic carbocycles. The Hall–Kier alpha value is -3.94. The van der Waals surface area contributed by atoms with E-state index in [0.717, 1.165) is 21.3 Å². The van der Waals surface area contributed by atoms with Crippen LogP contribution in [-0.4, -0.2) is 20.7 Å². The van der Waals surface area contributed by atoms with Crippen LogP contribution < -0.4 is 10.1 Å². The molecule has 5 aromatic rings. The summed E-state index contributed by atoms with van der Waals surface area (Å²) in [5, 5.41) is 7.98. The minimum atomic E-state index is -0.429. The predicted molar refractivity (Wildman–Crippen MR) is 145 cm³/mol. The highest BCUT2D eigenvalue weighted by Crippen LogP contribution is 2.27. The Balaban J connectivity index is 1.42. The van der Waals surface area contributed by atoms with Gasteiger partial charge in [-0.15, -0.1) is 5.10 Å². The quantitative estimate of drug-likeness (QED) is 0.231. The fourth-order valence-electron chi connectivity index (χ4n) is 3.51. The Morgan fingerprint density at radius 3 is 2.31 bits per heavy atom. The van der Waals surface area contributed by atoms with Crippen molar-refractivity contribution in [1.29, 1.82) is 0 Å². The molecule has 0 saturated heterocycles. The molecule has 5 rings (SSSR count). The predicted octanol–water partition coefficient (Wildman–Crippen LogP) is 7.70. The Bertz CT molecular complexity index is 1520. The van der Waals surface area contributed by atoms with Gasteiger partial charge in [0, 0.05) is 20.7 Å². The highest BCUT2D eigenvalue weighted by atomic mass is 79.9. The molecule has 0 unspecified atom stereocenters. The van der Waals surface area contributed by atoms with Crippen molar-refractivity contribution in [3.63, 3.8) is 0 Å². The number of aromatic nitrogens is 3. The van der Waals surface area contributed by atoms with Gasteiger partial charge >= 0.3 is 0 Å². The smallest absolute Gasteiger partial charge is 0.295 e. The topological polar surface area (TPSA) is 69.0 Å². The van der Waals surface area contributed by atoms with Gasteiger partial charge in [0.25, 0.3) is 5.91 Å². The van der Waals surface area contributed by atoms with E-state index in [0.29, 0.717) is 28.0 Å². The Kier molecular flexibility index (Phi) is 6.84. The number of halogens is 2. The van der Waals surface area contributed by atoms with Crippen LogP contribution in [0.4, 0.5) is 5.69 Å². The molecule has 36 heavy (non-hydrogen) atoms. The van der Waals surface area contributed by atoms with Crippen LogP contribution in [-0.2, 0) is 0 Å². The van der Waals surface area contributed by atoms with E-state index < -0.39 is 5.91 Å². The molecule has 0 spiro atoms. The van der Waals surface area contributed by atoms with E-state index in [9.17, 15) is 4.79 Å². The summed E-state index contributed by atoms with van der Waals surface area (Å²) in [7, 11) is 0. The zero-order valence-electron chi connectivity index (χ0n) is 19.2. The van der Waals surface area contributed by atoms with Crippen LogP contribution in [0.2, 0.25) is 5.02 Å². The third-order valence-corrected chi connectivity index (χ3v) is 6.34. The van der Waals surface area contributed by atoms with Crippen molar-refractivity contribution in [2.24, 2.45) is 0 Å². The number of para-hydroxylation sites is 1. The van der Waals surface area contributed by atoms with Crippen molar-refractivity contribution < 1.29 is 9.53 Å². The minimum Gasteiger partial charge on any atom is -0.457 e. The van der Waals surface area contributed by atoms with Gasteiger partial charge in [-0.05, 0) is 73.2 Å². The fourth-order valence-corrected chi connectivity index (χ4v) is 3.94. The fraction of sp³-hybridized carbons (Fsp3) is 0.0357. The van der Waals surface area contributed by atoms with E-state index in [1.165, 1.54) is 0 Å². The number of rotatable bonds is 6. The molecular weight excluding hydrogens is 540 g/mol. The number of amides is 1. The maximum Gasteiger partial charge on any atom is 0.295 e. The number of benzene rings is 4. The Morgan fingerprint density at radius 1 is 0.917 bits per heavy atom. The molecule has 0 fully saturated rings. The Morgan fingerprint density at radius 2 is 1.61 bits per heavy atom. The van der Waals surface area contributed by atoms with Crippen LogP contribution in [0.25, 0.3) is 17.1 Å². The van der Waals surface area contributed by atoms with Crippen LogP contribution >= 0.6 is 27.5 Å². The number of hydrogen-bond acceptors (Lipinski definition) is 4. The highest BCUT2D eigenvalue weighted by molar-refractivity contribution is 9.10. The molecule has 1 heterocycles. The maximum absolute atomic E-state index is 13.1. The average Bonchev–Trinajstić information content (AvgIpc) is 3.34. The molecule has 0 radical (unpaired) electrons. The van der Waals surface area contributed by atoms with Gasteiger partial charge in [-0.25, -0.2) is 9.67 Å². The van der Waals surface area contributed by atoms with Crippen molar-refractivity contribution in [3.8, 4) is 28.6 Å². The number of aryl methyl sites for hydroxylation is 1. The zero-order valence-corrected chi connectivity index (χ0v) is 21.5. The van der Waals surface area contributed by atoms with Crippen molar-refractivity contribution in [2.45, 2.75) is 6.92 Å². The summed E-state index contributed by atoms with van der Waals surface area (Å²) in [5.74, 6) is 1.53. The second kappa shape index (κ2) is 10.4. The zero-order chi connectivity index (χ0) is 25.1. The second-order valence-electron chi connectivity index (χ2n) is 8.00. The van der Waals surface area contributed by atoms with Crippen LogP contribution in [0.5, 0.6) is 11.5 Å². The first-order valence-corrected chi connectivity index (χ1v) is 12.3. The van der Waals surface area contributed by atoms with Gasteiger partial charge in [-0.2, -0.15) is 0 Å². The van der Waals surface area contributed by atoms with Crippen molar-refractivity contribution in [2.75, 3.05) is 5.32 Å². The summed E-state index contributed by atoms with van der Waals surface area (Å²) in [4.78, 5) is 17.6. The third-order valence-electron chi connectivity index (χ3n) is 5.40. The number of ether oxygens (including phenoxy) is 1. The molecule has 0 bridgehead atoms. The van der Waals surface area contributed by atoms with E-state index in [2.05, 4.69) is 31.3 Å². The highest BCUT2D eigenvalue weighted by Gasteiger charge is 2.19. The number of carbonyl (C=O) groups excluding carboxylic acids is 1. The second-order valence-corrected chi connectivity index (χ2v) is 9.33. The summed E-state index contributed by atoms with van der Waals surface area (Å²) in [6, 6.07) is 29.9. The van der Waals surface area contributed by atoms with E-state index in [1.54, 1.807) is 35.0 Å².